The second-order valence-electron chi connectivity index (χ2n) is 6.73. The molecule has 6 nitrogen and oxygen atoms in total. The van der Waals surface area contributed by atoms with Gasteiger partial charge in [0.05, 0.1) is 17.2 Å². The highest BCUT2D eigenvalue weighted by Crippen LogP contribution is 2.46. The van der Waals surface area contributed by atoms with Crippen molar-refractivity contribution in [3.63, 3.8) is 0 Å². The van der Waals surface area contributed by atoms with Crippen LogP contribution in [0.2, 0.25) is 0 Å². The van der Waals surface area contributed by atoms with Crippen molar-refractivity contribution in [3.8, 4) is 0 Å². The maximum Gasteiger partial charge on any atom is 0.243 e. The summed E-state index contributed by atoms with van der Waals surface area (Å²) in [6.45, 7) is 1.09. The Balaban J connectivity index is 1.41. The Kier molecular flexibility index (Phi) is 2.93. The predicted octanol–water partition coefficient (Wildman–Crippen LogP) is 1.78. The summed E-state index contributed by atoms with van der Waals surface area (Å²) in [6.07, 6.45) is 4.16. The van der Waals surface area contributed by atoms with Crippen LogP contribution in [0, 0.1) is 0 Å². The minimum atomic E-state index is -3.47. The highest BCUT2D eigenvalue weighted by molar-refractivity contribution is 7.89. The average Bonchev–Trinajstić information content (AvgIpc) is 3.34. The molecule has 2 fully saturated rings. The molecule has 2 aliphatic heterocycles. The summed E-state index contributed by atoms with van der Waals surface area (Å²) in [5, 5.41) is 0. The molecule has 3 heterocycles. The van der Waals surface area contributed by atoms with Crippen LogP contribution in [0.5, 0.6) is 0 Å². The van der Waals surface area contributed by atoms with Crippen LogP contribution in [0.1, 0.15) is 35.8 Å². The van der Waals surface area contributed by atoms with E-state index in [1.54, 1.807) is 24.3 Å². The Bertz CT molecular complexity index is 904. The van der Waals surface area contributed by atoms with E-state index in [1.807, 2.05) is 12.3 Å². The SMILES string of the molecule is O=S(=O)(c1ccccc1)N1CC2(C1)OCc1nc(C3CC3)ncc12. The second kappa shape index (κ2) is 4.84. The molecule has 1 aliphatic carbocycles. The normalized spacial score (nSPS) is 22.3. The fourth-order valence-corrected chi connectivity index (χ4v) is 5.00. The van der Waals surface area contributed by atoms with Gasteiger partial charge in [0.1, 0.15) is 11.4 Å². The first kappa shape index (κ1) is 14.5. The number of hydrogen-bond acceptors (Lipinski definition) is 5. The Labute approximate surface area is 140 Å². The van der Waals surface area contributed by atoms with Crippen molar-refractivity contribution >= 4 is 10.0 Å². The molecule has 0 radical (unpaired) electrons. The Morgan fingerprint density at radius 3 is 2.62 bits per heavy atom. The van der Waals surface area contributed by atoms with E-state index in [2.05, 4.69) is 9.97 Å². The van der Waals surface area contributed by atoms with E-state index in [1.165, 1.54) is 4.31 Å². The minimum absolute atomic E-state index is 0.318. The monoisotopic (exact) mass is 343 g/mol. The minimum Gasteiger partial charge on any atom is -0.361 e. The summed E-state index contributed by atoms with van der Waals surface area (Å²) in [5.74, 6) is 1.41. The summed E-state index contributed by atoms with van der Waals surface area (Å²) in [4.78, 5) is 9.43. The van der Waals surface area contributed by atoms with E-state index in [9.17, 15) is 8.42 Å². The number of fused-ring (bicyclic) bond motifs is 2. The maximum absolute atomic E-state index is 12.7. The fourth-order valence-electron chi connectivity index (χ4n) is 3.44. The molecule has 5 rings (SSSR count). The molecule has 0 bridgehead atoms. The van der Waals surface area contributed by atoms with Gasteiger partial charge in [0.2, 0.25) is 10.0 Å². The van der Waals surface area contributed by atoms with E-state index in [4.69, 9.17) is 4.74 Å². The van der Waals surface area contributed by atoms with Crippen molar-refractivity contribution in [2.45, 2.75) is 35.9 Å². The second-order valence-corrected chi connectivity index (χ2v) is 8.67. The third kappa shape index (κ3) is 2.05. The van der Waals surface area contributed by atoms with Gasteiger partial charge in [-0.2, -0.15) is 4.31 Å². The summed E-state index contributed by atoms with van der Waals surface area (Å²) in [5.41, 5.74) is 1.30. The zero-order valence-corrected chi connectivity index (χ0v) is 13.9. The molecule has 1 aromatic carbocycles. The van der Waals surface area contributed by atoms with E-state index in [-0.39, 0.29) is 0 Å². The average molecular weight is 343 g/mol. The van der Waals surface area contributed by atoms with Gasteiger partial charge in [0, 0.05) is 30.8 Å². The number of ether oxygens (including phenoxy) is 1. The van der Waals surface area contributed by atoms with Crippen LogP contribution < -0.4 is 0 Å². The van der Waals surface area contributed by atoms with E-state index >= 15 is 0 Å². The molecule has 3 aliphatic rings. The number of benzene rings is 1. The number of nitrogens with zero attached hydrogens (tertiary/aromatic N) is 3. The molecule has 1 aromatic heterocycles. The number of sulfonamides is 1. The summed E-state index contributed by atoms with van der Waals surface area (Å²) in [6, 6.07) is 8.51. The van der Waals surface area contributed by atoms with Crippen LogP contribution in [0.4, 0.5) is 0 Å². The van der Waals surface area contributed by atoms with Crippen molar-refractivity contribution < 1.29 is 13.2 Å². The molecule has 7 heteroatoms. The van der Waals surface area contributed by atoms with Gasteiger partial charge in [-0.25, -0.2) is 18.4 Å². The fraction of sp³-hybridized carbons (Fsp3) is 0.412. The van der Waals surface area contributed by atoms with Crippen LogP contribution >= 0.6 is 0 Å². The standard InChI is InChI=1S/C17H17N3O3S/c21-24(22,13-4-2-1-3-5-13)20-10-17(11-20)14-8-18-16(12-6-7-12)19-15(14)9-23-17/h1-5,8,12H,6-7,9-11H2. The highest BCUT2D eigenvalue weighted by atomic mass is 32.2. The van der Waals surface area contributed by atoms with Crippen molar-refractivity contribution in [2.24, 2.45) is 0 Å². The van der Waals surface area contributed by atoms with Gasteiger partial charge >= 0.3 is 0 Å². The first-order valence-electron chi connectivity index (χ1n) is 8.14. The van der Waals surface area contributed by atoms with E-state index in [0.717, 1.165) is 29.9 Å². The van der Waals surface area contributed by atoms with E-state index < -0.39 is 15.6 Å². The zero-order chi connectivity index (χ0) is 16.4. The lowest BCUT2D eigenvalue weighted by Crippen LogP contribution is -2.61. The van der Waals surface area contributed by atoms with Gasteiger partial charge in [-0.1, -0.05) is 18.2 Å². The van der Waals surface area contributed by atoms with Gasteiger partial charge < -0.3 is 4.74 Å². The number of rotatable bonds is 3. The van der Waals surface area contributed by atoms with Crippen LogP contribution in [0.25, 0.3) is 0 Å². The van der Waals surface area contributed by atoms with Gasteiger partial charge in [-0.15, -0.1) is 0 Å². The maximum atomic E-state index is 12.7. The molecule has 0 N–H and O–H groups in total. The molecule has 0 atom stereocenters. The molecule has 0 amide bonds. The Morgan fingerprint density at radius 1 is 1.17 bits per heavy atom. The summed E-state index contributed by atoms with van der Waals surface area (Å²) >= 11 is 0. The lowest BCUT2D eigenvalue weighted by atomic mass is 9.90. The summed E-state index contributed by atoms with van der Waals surface area (Å²) < 4.78 is 32.7. The quantitative estimate of drug-likeness (QED) is 0.849. The van der Waals surface area contributed by atoms with Crippen LogP contribution in [-0.4, -0.2) is 35.8 Å². The Morgan fingerprint density at radius 2 is 1.92 bits per heavy atom. The van der Waals surface area contributed by atoms with Crippen molar-refractivity contribution in [1.29, 1.82) is 0 Å². The molecule has 1 saturated carbocycles. The van der Waals surface area contributed by atoms with Gasteiger partial charge in [0.25, 0.3) is 0 Å². The molecule has 0 unspecified atom stereocenters. The lowest BCUT2D eigenvalue weighted by Gasteiger charge is -2.46. The largest absolute Gasteiger partial charge is 0.361 e. The number of aromatic nitrogens is 2. The van der Waals surface area contributed by atoms with Crippen LogP contribution in [0.3, 0.4) is 0 Å². The summed E-state index contributed by atoms with van der Waals surface area (Å²) in [7, 11) is -3.47. The molecular formula is C17H17N3O3S. The number of hydrogen-bond donors (Lipinski definition) is 0. The lowest BCUT2D eigenvalue weighted by molar-refractivity contribution is -0.112. The van der Waals surface area contributed by atoms with Gasteiger partial charge in [-0.3, -0.25) is 0 Å². The van der Waals surface area contributed by atoms with Crippen molar-refractivity contribution in [1.82, 2.24) is 14.3 Å². The molecule has 24 heavy (non-hydrogen) atoms. The Hall–Kier alpha value is -1.83. The molecule has 2 aromatic rings. The predicted molar refractivity (Wildman–Crippen MR) is 85.7 cm³/mol. The topological polar surface area (TPSA) is 72.4 Å². The van der Waals surface area contributed by atoms with Gasteiger partial charge in [-0.05, 0) is 25.0 Å². The van der Waals surface area contributed by atoms with Crippen LogP contribution in [-0.2, 0) is 27.0 Å². The smallest absolute Gasteiger partial charge is 0.243 e. The first-order valence-corrected chi connectivity index (χ1v) is 9.58. The van der Waals surface area contributed by atoms with Crippen molar-refractivity contribution in [3.05, 3.63) is 53.6 Å². The first-order chi connectivity index (χ1) is 11.6. The molecule has 124 valence electrons. The molecule has 1 spiro atoms. The van der Waals surface area contributed by atoms with Crippen molar-refractivity contribution in [2.75, 3.05) is 13.1 Å². The highest BCUT2D eigenvalue weighted by Gasteiger charge is 2.55. The molecule has 1 saturated heterocycles. The van der Waals surface area contributed by atoms with Gasteiger partial charge in [0.15, 0.2) is 0 Å². The zero-order valence-electron chi connectivity index (χ0n) is 13.1. The van der Waals surface area contributed by atoms with E-state index in [0.29, 0.717) is 30.5 Å². The molecular weight excluding hydrogens is 326 g/mol. The third-order valence-electron chi connectivity index (χ3n) is 5.05. The third-order valence-corrected chi connectivity index (χ3v) is 6.86. The van der Waals surface area contributed by atoms with Crippen LogP contribution in [0.15, 0.2) is 41.4 Å².